The van der Waals surface area contributed by atoms with Crippen LogP contribution >= 0.6 is 11.6 Å². The van der Waals surface area contributed by atoms with E-state index in [1.807, 2.05) is 0 Å². The molecule has 1 aromatic rings. The van der Waals surface area contributed by atoms with E-state index in [4.69, 9.17) is 11.6 Å². The van der Waals surface area contributed by atoms with Crippen molar-refractivity contribution in [2.24, 2.45) is 5.10 Å². The monoisotopic (exact) mass is 266 g/mol. The molecule has 7 heteroatoms. The fourth-order valence-electron chi connectivity index (χ4n) is 1.42. The summed E-state index contributed by atoms with van der Waals surface area (Å²) < 4.78 is 0. The van der Waals surface area contributed by atoms with Crippen LogP contribution in [0, 0.1) is 0 Å². The first kappa shape index (κ1) is 12.4. The van der Waals surface area contributed by atoms with Crippen LogP contribution in [0.4, 0.5) is 4.79 Å². The summed E-state index contributed by atoms with van der Waals surface area (Å²) >= 11 is 5.73. The molecule has 6 nitrogen and oxygen atoms in total. The van der Waals surface area contributed by atoms with Gasteiger partial charge >= 0.3 is 6.03 Å². The van der Waals surface area contributed by atoms with Gasteiger partial charge in [-0.05, 0) is 31.2 Å². The number of carbonyl (C=O) groups excluding carboxylic acids is 2. The molecule has 0 unspecified atom stereocenters. The number of hydrogen-bond acceptors (Lipinski definition) is 3. The van der Waals surface area contributed by atoms with Crippen molar-refractivity contribution in [3.63, 3.8) is 0 Å². The van der Waals surface area contributed by atoms with Gasteiger partial charge in [0.1, 0.15) is 0 Å². The quantitative estimate of drug-likeness (QED) is 0.849. The Labute approximate surface area is 109 Å². The largest absolute Gasteiger partial charge is 0.356 e. The molecule has 0 aliphatic carbocycles. The van der Waals surface area contributed by atoms with Gasteiger partial charge in [-0.1, -0.05) is 11.6 Å². The number of benzene rings is 1. The van der Waals surface area contributed by atoms with Gasteiger partial charge in [-0.15, -0.1) is 0 Å². The summed E-state index contributed by atoms with van der Waals surface area (Å²) in [5.41, 5.74) is 5.90. The summed E-state index contributed by atoms with van der Waals surface area (Å²) in [6.45, 7) is 2.01. The summed E-state index contributed by atoms with van der Waals surface area (Å²) in [7, 11) is 0. The van der Waals surface area contributed by atoms with Gasteiger partial charge in [0.05, 0.1) is 12.3 Å². The van der Waals surface area contributed by atoms with Crippen LogP contribution in [0.25, 0.3) is 0 Å². The third-order valence-corrected chi connectivity index (χ3v) is 2.57. The van der Waals surface area contributed by atoms with Crippen LogP contribution < -0.4 is 10.9 Å². The lowest BCUT2D eigenvalue weighted by atomic mass is 10.2. The van der Waals surface area contributed by atoms with Gasteiger partial charge in [0.2, 0.25) is 0 Å². The number of nitrogens with zero attached hydrogens (tertiary/aromatic N) is 2. The lowest BCUT2D eigenvalue weighted by molar-refractivity contribution is 0.0839. The van der Waals surface area contributed by atoms with Gasteiger partial charge in [-0.25, -0.2) is 15.2 Å². The highest BCUT2D eigenvalue weighted by molar-refractivity contribution is 6.30. The Bertz CT molecular complexity index is 512. The number of hydrazine groups is 1. The van der Waals surface area contributed by atoms with Crippen LogP contribution in [0.3, 0.4) is 0 Å². The number of hydrogen-bond donors (Lipinski definition) is 2. The Morgan fingerprint density at radius 1 is 1.44 bits per heavy atom. The summed E-state index contributed by atoms with van der Waals surface area (Å²) in [6.07, 6.45) is 0. The highest BCUT2D eigenvalue weighted by Crippen LogP contribution is 2.09. The minimum atomic E-state index is -0.470. The van der Waals surface area contributed by atoms with Crippen molar-refractivity contribution in [3.8, 4) is 0 Å². The number of carbonyl (C=O) groups is 2. The van der Waals surface area contributed by atoms with Crippen molar-refractivity contribution < 1.29 is 9.59 Å². The second-order valence-corrected chi connectivity index (χ2v) is 4.23. The summed E-state index contributed by atoms with van der Waals surface area (Å²) in [5, 5.41) is 5.47. The average Bonchev–Trinajstić information content (AvgIpc) is 2.34. The third kappa shape index (κ3) is 2.78. The Hall–Kier alpha value is -2.08. The molecule has 1 aliphatic rings. The molecule has 3 amide bonds. The lowest BCUT2D eigenvalue weighted by Gasteiger charge is -2.25. The van der Waals surface area contributed by atoms with Gasteiger partial charge in [0, 0.05) is 10.6 Å². The molecule has 0 atom stereocenters. The van der Waals surface area contributed by atoms with Gasteiger partial charge in [0.25, 0.3) is 5.91 Å². The first-order chi connectivity index (χ1) is 8.56. The van der Waals surface area contributed by atoms with Gasteiger partial charge < -0.3 is 0 Å². The molecule has 1 aromatic carbocycles. The van der Waals surface area contributed by atoms with Crippen molar-refractivity contribution in [2.45, 2.75) is 6.92 Å². The second kappa shape index (κ2) is 5.05. The molecule has 0 saturated carbocycles. The van der Waals surface area contributed by atoms with Gasteiger partial charge in [0.15, 0.2) is 0 Å². The molecule has 2 rings (SSSR count). The molecule has 2 N–H and O–H groups in total. The Morgan fingerprint density at radius 2 is 2.11 bits per heavy atom. The Kier molecular flexibility index (Phi) is 3.47. The maximum Gasteiger partial charge on any atom is 0.356 e. The van der Waals surface area contributed by atoms with Crippen LogP contribution in [0.2, 0.25) is 5.02 Å². The van der Waals surface area contributed by atoms with Crippen LogP contribution in [0.5, 0.6) is 0 Å². The molecule has 1 heterocycles. The average molecular weight is 267 g/mol. The molecule has 1 aliphatic heterocycles. The molecular weight excluding hydrogens is 256 g/mol. The minimum Gasteiger partial charge on any atom is -0.267 e. The maximum absolute atomic E-state index is 11.9. The number of urea groups is 1. The van der Waals surface area contributed by atoms with E-state index in [1.165, 1.54) is 5.01 Å². The van der Waals surface area contributed by atoms with E-state index in [2.05, 4.69) is 16.0 Å². The minimum absolute atomic E-state index is 0.255. The number of halogens is 1. The summed E-state index contributed by atoms with van der Waals surface area (Å²) in [5.74, 6) is -0.378. The van der Waals surface area contributed by atoms with Crippen molar-refractivity contribution in [2.75, 3.05) is 6.54 Å². The lowest BCUT2D eigenvalue weighted by Crippen LogP contribution is -2.54. The molecular formula is C11H11ClN4O2. The van der Waals surface area contributed by atoms with Crippen molar-refractivity contribution in [3.05, 3.63) is 34.9 Å². The molecule has 0 aromatic heterocycles. The number of rotatable bonds is 2. The summed E-state index contributed by atoms with van der Waals surface area (Å²) in [6, 6.07) is 5.92. The van der Waals surface area contributed by atoms with Crippen molar-refractivity contribution in [1.82, 2.24) is 15.9 Å². The van der Waals surface area contributed by atoms with Crippen LogP contribution in [-0.2, 0) is 0 Å². The Balaban J connectivity index is 2.05. The number of amides is 3. The van der Waals surface area contributed by atoms with Gasteiger partial charge in [-0.2, -0.15) is 5.10 Å². The zero-order chi connectivity index (χ0) is 13.1. The fourth-order valence-corrected chi connectivity index (χ4v) is 1.54. The molecule has 0 spiro atoms. The highest BCUT2D eigenvalue weighted by atomic mass is 35.5. The van der Waals surface area contributed by atoms with E-state index in [9.17, 15) is 9.59 Å². The number of nitrogens with one attached hydrogen (secondary N) is 2. The van der Waals surface area contributed by atoms with E-state index in [0.29, 0.717) is 16.3 Å². The van der Waals surface area contributed by atoms with E-state index in [0.717, 1.165) is 0 Å². The molecule has 0 radical (unpaired) electrons. The molecule has 0 bridgehead atoms. The first-order valence-corrected chi connectivity index (χ1v) is 5.61. The maximum atomic E-state index is 11.9. The molecule has 18 heavy (non-hydrogen) atoms. The zero-order valence-corrected chi connectivity index (χ0v) is 10.4. The predicted molar refractivity (Wildman–Crippen MR) is 67.3 cm³/mol. The summed E-state index contributed by atoms with van der Waals surface area (Å²) in [4.78, 5) is 23.3. The topological polar surface area (TPSA) is 73.8 Å². The van der Waals surface area contributed by atoms with E-state index < -0.39 is 6.03 Å². The molecule has 0 saturated heterocycles. The van der Waals surface area contributed by atoms with Crippen LogP contribution in [0.1, 0.15) is 17.3 Å². The SMILES string of the molecule is CC1=NNC(=O)N(NC(=O)c2ccc(Cl)cc2)C1. The second-order valence-electron chi connectivity index (χ2n) is 3.80. The fraction of sp³-hybridized carbons (Fsp3) is 0.182. The number of hydrazone groups is 1. The Morgan fingerprint density at radius 3 is 2.78 bits per heavy atom. The molecule has 94 valence electrons. The smallest absolute Gasteiger partial charge is 0.267 e. The zero-order valence-electron chi connectivity index (χ0n) is 9.61. The van der Waals surface area contributed by atoms with E-state index in [1.54, 1.807) is 31.2 Å². The van der Waals surface area contributed by atoms with E-state index >= 15 is 0 Å². The third-order valence-electron chi connectivity index (χ3n) is 2.32. The van der Waals surface area contributed by atoms with Crippen molar-refractivity contribution >= 4 is 29.3 Å². The highest BCUT2D eigenvalue weighted by Gasteiger charge is 2.21. The normalized spacial score (nSPS) is 14.9. The van der Waals surface area contributed by atoms with Crippen LogP contribution in [0.15, 0.2) is 29.4 Å². The predicted octanol–water partition coefficient (Wildman–Crippen LogP) is 1.39. The first-order valence-electron chi connectivity index (χ1n) is 5.23. The van der Waals surface area contributed by atoms with Crippen LogP contribution in [-0.4, -0.2) is 29.2 Å². The standard InChI is InChI=1S/C11H11ClN4O2/c1-7-6-16(11(18)14-13-7)15-10(17)8-2-4-9(12)5-3-8/h2-5H,6H2,1H3,(H,14,18)(H,15,17). The van der Waals surface area contributed by atoms with Crippen molar-refractivity contribution in [1.29, 1.82) is 0 Å². The van der Waals surface area contributed by atoms with Gasteiger partial charge in [-0.3, -0.25) is 10.2 Å². The molecule has 0 fully saturated rings. The van der Waals surface area contributed by atoms with E-state index in [-0.39, 0.29) is 12.5 Å².